The Morgan fingerprint density at radius 1 is 1.20 bits per heavy atom. The first-order valence-corrected chi connectivity index (χ1v) is 7.04. The van der Waals surface area contributed by atoms with Crippen LogP contribution in [0.5, 0.6) is 0 Å². The highest BCUT2D eigenvalue weighted by molar-refractivity contribution is 9.10. The third-order valence-electron chi connectivity index (χ3n) is 2.95. The number of carbonyl (C=O) groups is 1. The van der Waals surface area contributed by atoms with Gasteiger partial charge in [-0.1, -0.05) is 24.3 Å². The van der Waals surface area contributed by atoms with E-state index >= 15 is 0 Å². The van der Waals surface area contributed by atoms with Gasteiger partial charge < -0.3 is 4.74 Å². The van der Waals surface area contributed by atoms with Crippen molar-refractivity contribution in [2.45, 2.75) is 13.3 Å². The summed E-state index contributed by atoms with van der Waals surface area (Å²) in [5.74, 6) is -0.628. The van der Waals surface area contributed by atoms with Crippen molar-refractivity contribution in [1.82, 2.24) is 0 Å². The van der Waals surface area contributed by atoms with Gasteiger partial charge in [-0.05, 0) is 52.2 Å². The van der Waals surface area contributed by atoms with Gasteiger partial charge in [0.1, 0.15) is 5.82 Å². The topological polar surface area (TPSA) is 26.3 Å². The van der Waals surface area contributed by atoms with Gasteiger partial charge in [0.2, 0.25) is 0 Å². The van der Waals surface area contributed by atoms with Crippen molar-refractivity contribution in [3.63, 3.8) is 0 Å². The minimum absolute atomic E-state index is 0.269. The standard InChI is InChI=1S/C16H14BrFO2/c1-11-3-2-4-14(15(11)17)16(19)20-10-9-12-5-7-13(18)8-6-12/h2-8H,9-10H2,1H3. The highest BCUT2D eigenvalue weighted by atomic mass is 79.9. The first-order chi connectivity index (χ1) is 9.58. The van der Waals surface area contributed by atoms with E-state index in [1.165, 1.54) is 12.1 Å². The van der Waals surface area contributed by atoms with E-state index in [2.05, 4.69) is 15.9 Å². The van der Waals surface area contributed by atoms with E-state index < -0.39 is 0 Å². The maximum absolute atomic E-state index is 12.8. The highest BCUT2D eigenvalue weighted by Gasteiger charge is 2.12. The zero-order valence-electron chi connectivity index (χ0n) is 11.0. The first-order valence-electron chi connectivity index (χ1n) is 6.24. The van der Waals surface area contributed by atoms with Crippen LogP contribution in [0.4, 0.5) is 4.39 Å². The zero-order chi connectivity index (χ0) is 14.5. The van der Waals surface area contributed by atoms with E-state index in [0.717, 1.165) is 15.6 Å². The normalized spacial score (nSPS) is 10.3. The maximum Gasteiger partial charge on any atom is 0.339 e. The van der Waals surface area contributed by atoms with Crippen LogP contribution in [0.3, 0.4) is 0 Å². The summed E-state index contributed by atoms with van der Waals surface area (Å²) in [5, 5.41) is 0. The summed E-state index contributed by atoms with van der Waals surface area (Å²) < 4.78 is 18.7. The molecular formula is C16H14BrFO2. The van der Waals surface area contributed by atoms with Crippen LogP contribution in [0.1, 0.15) is 21.5 Å². The third kappa shape index (κ3) is 3.67. The molecule has 2 nitrogen and oxygen atoms in total. The van der Waals surface area contributed by atoms with Gasteiger partial charge in [0, 0.05) is 10.9 Å². The molecular weight excluding hydrogens is 323 g/mol. The molecule has 0 atom stereocenters. The second kappa shape index (κ2) is 6.66. The molecule has 0 aliphatic heterocycles. The van der Waals surface area contributed by atoms with Gasteiger partial charge in [0.05, 0.1) is 12.2 Å². The van der Waals surface area contributed by atoms with Crippen LogP contribution < -0.4 is 0 Å². The van der Waals surface area contributed by atoms with Crippen LogP contribution in [-0.2, 0) is 11.2 Å². The number of aryl methyl sites for hydroxylation is 1. The second-order valence-electron chi connectivity index (χ2n) is 4.45. The van der Waals surface area contributed by atoms with Crippen LogP contribution in [0.25, 0.3) is 0 Å². The van der Waals surface area contributed by atoms with Gasteiger partial charge in [-0.2, -0.15) is 0 Å². The molecule has 0 heterocycles. The zero-order valence-corrected chi connectivity index (χ0v) is 12.6. The van der Waals surface area contributed by atoms with Crippen molar-refractivity contribution in [2.75, 3.05) is 6.61 Å². The van der Waals surface area contributed by atoms with E-state index in [-0.39, 0.29) is 18.4 Å². The Kier molecular flexibility index (Phi) is 4.90. The SMILES string of the molecule is Cc1cccc(C(=O)OCCc2ccc(F)cc2)c1Br. The molecule has 0 spiro atoms. The maximum atomic E-state index is 12.8. The molecule has 0 radical (unpaired) electrons. The molecule has 0 saturated heterocycles. The van der Waals surface area contributed by atoms with Gasteiger partial charge in [-0.15, -0.1) is 0 Å². The molecule has 0 aliphatic rings. The first kappa shape index (κ1) is 14.7. The molecule has 0 aliphatic carbocycles. The lowest BCUT2D eigenvalue weighted by molar-refractivity contribution is 0.0508. The summed E-state index contributed by atoms with van der Waals surface area (Å²) in [4.78, 5) is 11.9. The minimum Gasteiger partial charge on any atom is -0.462 e. The molecule has 4 heteroatoms. The van der Waals surface area contributed by atoms with Crippen molar-refractivity contribution >= 4 is 21.9 Å². The average molecular weight is 337 g/mol. The van der Waals surface area contributed by atoms with E-state index in [4.69, 9.17) is 4.74 Å². The van der Waals surface area contributed by atoms with Crippen molar-refractivity contribution < 1.29 is 13.9 Å². The average Bonchev–Trinajstić information content (AvgIpc) is 2.44. The monoisotopic (exact) mass is 336 g/mol. The Hall–Kier alpha value is -1.68. The molecule has 2 rings (SSSR count). The molecule has 0 fully saturated rings. The fourth-order valence-electron chi connectivity index (χ4n) is 1.80. The Labute approximate surface area is 125 Å². The lowest BCUT2D eigenvalue weighted by Crippen LogP contribution is -2.09. The van der Waals surface area contributed by atoms with Gasteiger partial charge in [-0.3, -0.25) is 0 Å². The van der Waals surface area contributed by atoms with Crippen LogP contribution in [0.2, 0.25) is 0 Å². The number of hydrogen-bond acceptors (Lipinski definition) is 2. The lowest BCUT2D eigenvalue weighted by atomic mass is 10.1. The Morgan fingerprint density at radius 3 is 2.60 bits per heavy atom. The Morgan fingerprint density at radius 2 is 1.90 bits per heavy atom. The summed E-state index contributed by atoms with van der Waals surface area (Å²) in [7, 11) is 0. The molecule has 104 valence electrons. The van der Waals surface area contributed by atoms with Crippen LogP contribution in [-0.4, -0.2) is 12.6 Å². The number of esters is 1. The summed E-state index contributed by atoms with van der Waals surface area (Å²) >= 11 is 3.38. The second-order valence-corrected chi connectivity index (χ2v) is 5.24. The number of rotatable bonds is 4. The van der Waals surface area contributed by atoms with Crippen LogP contribution >= 0.6 is 15.9 Å². The Balaban J connectivity index is 1.92. The summed E-state index contributed by atoms with van der Waals surface area (Å²) in [6.45, 7) is 2.18. The summed E-state index contributed by atoms with van der Waals surface area (Å²) in [5.41, 5.74) is 2.43. The predicted octanol–water partition coefficient (Wildman–Crippen LogP) is 4.30. The molecule has 2 aromatic carbocycles. The lowest BCUT2D eigenvalue weighted by Gasteiger charge is -2.08. The van der Waals surface area contributed by atoms with E-state index in [1.54, 1.807) is 18.2 Å². The molecule has 20 heavy (non-hydrogen) atoms. The number of halogens is 2. The summed E-state index contributed by atoms with van der Waals surface area (Å²) in [6.07, 6.45) is 0.565. The molecule has 0 unspecified atom stereocenters. The highest BCUT2D eigenvalue weighted by Crippen LogP contribution is 2.21. The van der Waals surface area contributed by atoms with Crippen molar-refractivity contribution in [1.29, 1.82) is 0 Å². The quantitative estimate of drug-likeness (QED) is 0.778. The van der Waals surface area contributed by atoms with E-state index in [9.17, 15) is 9.18 Å². The van der Waals surface area contributed by atoms with Gasteiger partial charge in [-0.25, -0.2) is 9.18 Å². The molecule has 0 bridgehead atoms. The van der Waals surface area contributed by atoms with Crippen molar-refractivity contribution in [3.8, 4) is 0 Å². The predicted molar refractivity (Wildman–Crippen MR) is 79.3 cm³/mol. The Bertz CT molecular complexity index is 608. The molecule has 2 aromatic rings. The fraction of sp³-hybridized carbons (Fsp3) is 0.188. The van der Waals surface area contributed by atoms with Crippen molar-refractivity contribution in [2.24, 2.45) is 0 Å². The van der Waals surface area contributed by atoms with Crippen LogP contribution in [0.15, 0.2) is 46.9 Å². The molecule has 0 amide bonds. The smallest absolute Gasteiger partial charge is 0.339 e. The molecule has 0 saturated carbocycles. The third-order valence-corrected chi connectivity index (χ3v) is 4.00. The number of benzene rings is 2. The number of ether oxygens (including phenoxy) is 1. The number of carbonyl (C=O) groups excluding carboxylic acids is 1. The van der Waals surface area contributed by atoms with Crippen molar-refractivity contribution in [3.05, 3.63) is 69.4 Å². The molecule has 0 aromatic heterocycles. The van der Waals surface area contributed by atoms with E-state index in [1.807, 2.05) is 19.1 Å². The van der Waals surface area contributed by atoms with Crippen LogP contribution in [0, 0.1) is 12.7 Å². The fourth-order valence-corrected chi connectivity index (χ4v) is 2.22. The number of hydrogen-bond donors (Lipinski definition) is 0. The van der Waals surface area contributed by atoms with E-state index in [0.29, 0.717) is 12.0 Å². The largest absolute Gasteiger partial charge is 0.462 e. The minimum atomic E-state index is -0.359. The molecule has 0 N–H and O–H groups in total. The summed E-state index contributed by atoms with van der Waals surface area (Å²) in [6, 6.07) is 11.6. The van der Waals surface area contributed by atoms with Gasteiger partial charge >= 0.3 is 5.97 Å². The van der Waals surface area contributed by atoms with Gasteiger partial charge in [0.15, 0.2) is 0 Å². The van der Waals surface area contributed by atoms with Gasteiger partial charge in [0.25, 0.3) is 0 Å².